The number of anilines is 1. The molecule has 160 valence electrons. The quantitative estimate of drug-likeness (QED) is 0.406. The van der Waals surface area contributed by atoms with Gasteiger partial charge in [-0.3, -0.25) is 14.9 Å². The summed E-state index contributed by atoms with van der Waals surface area (Å²) in [7, 11) is 2.74. The lowest BCUT2D eigenvalue weighted by Gasteiger charge is -2.13. The molecule has 31 heavy (non-hydrogen) atoms. The molecule has 3 rings (SSSR count). The van der Waals surface area contributed by atoms with Crippen LogP contribution in [0.4, 0.5) is 11.4 Å². The summed E-state index contributed by atoms with van der Waals surface area (Å²) in [6.45, 7) is 1.56. The molecule has 0 saturated carbocycles. The predicted molar refractivity (Wildman–Crippen MR) is 113 cm³/mol. The zero-order chi connectivity index (χ0) is 22.9. The smallest absolute Gasteiger partial charge is 0.337 e. The van der Waals surface area contributed by atoms with Crippen molar-refractivity contribution in [1.82, 2.24) is 0 Å². The van der Waals surface area contributed by atoms with E-state index in [1.54, 1.807) is 6.92 Å². The molecule has 1 aliphatic heterocycles. The van der Waals surface area contributed by atoms with Crippen molar-refractivity contribution in [2.75, 3.05) is 19.2 Å². The molecule has 11 heteroatoms. The maximum atomic E-state index is 13.0. The van der Waals surface area contributed by atoms with E-state index in [-0.39, 0.29) is 44.6 Å². The van der Waals surface area contributed by atoms with Gasteiger partial charge in [0.2, 0.25) is 0 Å². The molecule has 10 nitrogen and oxygen atoms in total. The zero-order valence-corrected chi connectivity index (χ0v) is 17.3. The number of methoxy groups -OCH3 is 2. The Morgan fingerprint density at radius 2 is 1.87 bits per heavy atom. The Morgan fingerprint density at radius 1 is 1.23 bits per heavy atom. The monoisotopic (exact) mass is 445 g/mol. The molecule has 0 unspecified atom stereocenters. The number of hydrazone groups is 1. The summed E-state index contributed by atoms with van der Waals surface area (Å²) in [6, 6.07) is 6.61. The molecule has 0 fully saturated rings. The predicted octanol–water partition coefficient (Wildman–Crippen LogP) is 3.77. The highest BCUT2D eigenvalue weighted by molar-refractivity contribution is 6.34. The molecule has 1 N–H and O–H groups in total. The van der Waals surface area contributed by atoms with E-state index in [0.717, 1.165) is 5.01 Å². The normalized spacial score (nSPS) is 14.6. The lowest BCUT2D eigenvalue weighted by molar-refractivity contribution is -0.385. The van der Waals surface area contributed by atoms with E-state index in [9.17, 15) is 24.8 Å². The molecule has 2 aromatic carbocycles. The van der Waals surface area contributed by atoms with Crippen molar-refractivity contribution in [1.29, 1.82) is 0 Å². The van der Waals surface area contributed by atoms with Gasteiger partial charge in [0.15, 0.2) is 11.5 Å². The van der Waals surface area contributed by atoms with Gasteiger partial charge in [-0.05, 0) is 37.3 Å². The molecule has 1 aliphatic rings. The summed E-state index contributed by atoms with van der Waals surface area (Å²) >= 11 is 5.88. The van der Waals surface area contributed by atoms with Gasteiger partial charge < -0.3 is 14.6 Å². The first-order valence-electron chi connectivity index (χ1n) is 8.73. The van der Waals surface area contributed by atoms with Gasteiger partial charge in [0, 0.05) is 0 Å². The van der Waals surface area contributed by atoms with Crippen LogP contribution in [0.2, 0.25) is 5.02 Å². The van der Waals surface area contributed by atoms with Crippen LogP contribution < -0.4 is 14.5 Å². The highest BCUT2D eigenvalue weighted by atomic mass is 35.5. The summed E-state index contributed by atoms with van der Waals surface area (Å²) in [6.07, 6.45) is 1.33. The van der Waals surface area contributed by atoms with Gasteiger partial charge in [-0.1, -0.05) is 11.6 Å². The van der Waals surface area contributed by atoms with Gasteiger partial charge in [0.25, 0.3) is 11.6 Å². The Hall–Kier alpha value is -3.92. The van der Waals surface area contributed by atoms with Gasteiger partial charge in [0.05, 0.1) is 58.3 Å². The molecule has 0 spiro atoms. The number of rotatable bonds is 6. The first-order chi connectivity index (χ1) is 14.7. The molecule has 2 aromatic rings. The van der Waals surface area contributed by atoms with Gasteiger partial charge in [-0.15, -0.1) is 0 Å². The third-order valence-electron chi connectivity index (χ3n) is 4.52. The summed E-state index contributed by atoms with van der Waals surface area (Å²) in [4.78, 5) is 35.2. The maximum Gasteiger partial charge on any atom is 0.337 e. The molecule has 0 aliphatic carbocycles. The van der Waals surface area contributed by atoms with E-state index < -0.39 is 16.8 Å². The number of carbonyl (C=O) groups is 2. The molecule has 0 radical (unpaired) electrons. The molecular formula is C20H16ClN3O7. The SMILES string of the molecule is COc1cc(C=C2C(=O)N(c3ccc(Cl)c(C(=O)O)c3)N=C2C)c([N+](=O)[O-])cc1OC. The maximum absolute atomic E-state index is 13.0. The van der Waals surface area contributed by atoms with Gasteiger partial charge in [0.1, 0.15) is 0 Å². The minimum absolute atomic E-state index is 0.0142. The van der Waals surface area contributed by atoms with E-state index in [1.165, 1.54) is 50.6 Å². The Labute approximate surface area is 181 Å². The fourth-order valence-electron chi connectivity index (χ4n) is 2.98. The second-order valence-corrected chi connectivity index (χ2v) is 6.76. The number of hydrogen-bond donors (Lipinski definition) is 1. The largest absolute Gasteiger partial charge is 0.493 e. The topological polar surface area (TPSA) is 132 Å². The van der Waals surface area contributed by atoms with Crippen LogP contribution in [0.3, 0.4) is 0 Å². The summed E-state index contributed by atoms with van der Waals surface area (Å²) < 4.78 is 10.3. The van der Waals surface area contributed by atoms with Crippen LogP contribution in [0.5, 0.6) is 11.5 Å². The fraction of sp³-hybridized carbons (Fsp3) is 0.150. The van der Waals surface area contributed by atoms with E-state index >= 15 is 0 Å². The van der Waals surface area contributed by atoms with Crippen LogP contribution in [0, 0.1) is 10.1 Å². The number of nitro groups is 1. The van der Waals surface area contributed by atoms with Gasteiger partial charge in [-0.2, -0.15) is 10.1 Å². The van der Waals surface area contributed by atoms with Crippen molar-refractivity contribution in [3.8, 4) is 11.5 Å². The molecule has 0 saturated heterocycles. The van der Waals surface area contributed by atoms with Crippen molar-refractivity contribution in [2.45, 2.75) is 6.92 Å². The standard InChI is InChI=1S/C20H16ClN3O7/c1-10-13(6-11-7-17(30-2)18(31-3)9-16(11)24(28)29)19(25)23(22-10)12-4-5-15(21)14(8-12)20(26)27/h4-9H,1-3H3,(H,26,27). The number of nitro benzene ring substituents is 1. The molecular weight excluding hydrogens is 430 g/mol. The number of nitrogens with zero attached hydrogens (tertiary/aromatic N) is 3. The lowest BCUT2D eigenvalue weighted by Crippen LogP contribution is -2.21. The summed E-state index contributed by atoms with van der Waals surface area (Å²) in [5.74, 6) is -1.42. The molecule has 0 bridgehead atoms. The number of carboxylic acid groups (broad SMARTS) is 1. The number of hydrogen-bond acceptors (Lipinski definition) is 7. The number of benzene rings is 2. The second-order valence-electron chi connectivity index (χ2n) is 6.35. The molecule has 1 heterocycles. The first kappa shape index (κ1) is 21.8. The highest BCUT2D eigenvalue weighted by Crippen LogP contribution is 2.36. The number of carbonyl (C=O) groups excluding carboxylic acids is 1. The molecule has 0 aromatic heterocycles. The average Bonchev–Trinajstić information content (AvgIpc) is 3.01. The zero-order valence-electron chi connectivity index (χ0n) is 16.6. The Balaban J connectivity index is 2.07. The van der Waals surface area contributed by atoms with Crippen molar-refractivity contribution < 1.29 is 29.1 Å². The van der Waals surface area contributed by atoms with Gasteiger partial charge >= 0.3 is 5.97 Å². The molecule has 0 atom stereocenters. The first-order valence-corrected chi connectivity index (χ1v) is 9.10. The van der Waals surface area contributed by atoms with Crippen LogP contribution >= 0.6 is 11.6 Å². The summed E-state index contributed by atoms with van der Waals surface area (Å²) in [5.41, 5.74) is 0.223. The van der Waals surface area contributed by atoms with Crippen LogP contribution in [0.15, 0.2) is 41.0 Å². The average molecular weight is 446 g/mol. The van der Waals surface area contributed by atoms with Crippen molar-refractivity contribution in [3.05, 3.63) is 62.2 Å². The highest BCUT2D eigenvalue weighted by Gasteiger charge is 2.31. The van der Waals surface area contributed by atoms with Crippen LogP contribution in [-0.2, 0) is 4.79 Å². The molecule has 1 amide bonds. The van der Waals surface area contributed by atoms with E-state index in [0.29, 0.717) is 5.71 Å². The van der Waals surface area contributed by atoms with Crippen molar-refractivity contribution in [3.63, 3.8) is 0 Å². The number of ether oxygens (including phenoxy) is 2. The third-order valence-corrected chi connectivity index (χ3v) is 4.85. The number of aromatic carboxylic acids is 1. The van der Waals surface area contributed by atoms with Crippen LogP contribution in [0.1, 0.15) is 22.8 Å². The van der Waals surface area contributed by atoms with Gasteiger partial charge in [-0.25, -0.2) is 4.79 Å². The Morgan fingerprint density at radius 3 is 2.45 bits per heavy atom. The van der Waals surface area contributed by atoms with Crippen LogP contribution in [0.25, 0.3) is 6.08 Å². The van der Waals surface area contributed by atoms with E-state index in [1.807, 2.05) is 0 Å². The van der Waals surface area contributed by atoms with Crippen molar-refractivity contribution in [2.24, 2.45) is 5.10 Å². The van der Waals surface area contributed by atoms with E-state index in [2.05, 4.69) is 5.10 Å². The van der Waals surface area contributed by atoms with Crippen LogP contribution in [-0.4, -0.2) is 41.8 Å². The Kier molecular flexibility index (Phi) is 5.93. The number of amides is 1. The Bertz CT molecular complexity index is 1170. The lowest BCUT2D eigenvalue weighted by atomic mass is 10.0. The minimum Gasteiger partial charge on any atom is -0.493 e. The summed E-state index contributed by atoms with van der Waals surface area (Å²) in [5, 5.41) is 26.0. The minimum atomic E-state index is -1.25. The fourth-order valence-corrected chi connectivity index (χ4v) is 3.18. The number of carboxylic acids is 1. The number of halogens is 1. The third kappa shape index (κ3) is 4.05. The van der Waals surface area contributed by atoms with Crippen molar-refractivity contribution >= 4 is 46.6 Å². The second kappa shape index (κ2) is 8.44. The van der Waals surface area contributed by atoms with E-state index in [4.69, 9.17) is 21.1 Å².